The third kappa shape index (κ3) is 3.11. The first-order chi connectivity index (χ1) is 12.7. The Labute approximate surface area is 152 Å². The number of hydrogen-bond donors (Lipinski definition) is 1. The first kappa shape index (κ1) is 16.5. The lowest BCUT2D eigenvalue weighted by Crippen LogP contribution is -2.16. The van der Waals surface area contributed by atoms with E-state index in [1.165, 1.54) is 11.1 Å². The summed E-state index contributed by atoms with van der Waals surface area (Å²) in [6.45, 7) is 2.71. The van der Waals surface area contributed by atoms with Crippen LogP contribution in [-0.4, -0.2) is 10.8 Å². The molecule has 1 aliphatic heterocycles. The molecule has 0 radical (unpaired) electrons. The number of carbonyl (C=O) groups is 1. The molecule has 1 atom stereocenters. The Balaban J connectivity index is 1.73. The molecule has 0 saturated carbocycles. The number of aromatic nitrogens is 1. The first-order valence-electron chi connectivity index (χ1n) is 8.72. The standard InChI is InChI=1S/C22H20N2O2/c1-15(25)18-10-6-11-20(21-19-9-3-2-7-16(19)13-24-21)22(18)26-14-17-8-4-5-12-23-17/h2-12,21,24H,13-14H2,1H3. The number of ether oxygens (including phenoxy) is 1. The summed E-state index contributed by atoms with van der Waals surface area (Å²) in [5.41, 5.74) is 4.93. The van der Waals surface area contributed by atoms with Gasteiger partial charge in [0, 0.05) is 18.3 Å². The maximum absolute atomic E-state index is 12.2. The van der Waals surface area contributed by atoms with E-state index < -0.39 is 0 Å². The summed E-state index contributed by atoms with van der Waals surface area (Å²) in [6, 6.07) is 19.9. The Morgan fingerprint density at radius 3 is 2.69 bits per heavy atom. The summed E-state index contributed by atoms with van der Waals surface area (Å²) >= 11 is 0. The molecule has 2 aromatic carbocycles. The van der Waals surface area contributed by atoms with Gasteiger partial charge in [0.2, 0.25) is 0 Å². The summed E-state index contributed by atoms with van der Waals surface area (Å²) in [4.78, 5) is 16.5. The molecule has 130 valence electrons. The summed E-state index contributed by atoms with van der Waals surface area (Å²) in [6.07, 6.45) is 1.74. The smallest absolute Gasteiger partial charge is 0.163 e. The molecule has 0 bridgehead atoms. The fraction of sp³-hybridized carbons (Fsp3) is 0.182. The van der Waals surface area contributed by atoms with E-state index in [0.29, 0.717) is 17.9 Å². The number of fused-ring (bicyclic) bond motifs is 1. The van der Waals surface area contributed by atoms with Gasteiger partial charge in [-0.25, -0.2) is 0 Å². The Bertz CT molecular complexity index is 938. The highest BCUT2D eigenvalue weighted by atomic mass is 16.5. The van der Waals surface area contributed by atoms with Crippen LogP contribution in [0.15, 0.2) is 66.9 Å². The van der Waals surface area contributed by atoms with E-state index in [9.17, 15) is 4.79 Å². The molecule has 2 heterocycles. The van der Waals surface area contributed by atoms with Gasteiger partial charge in [-0.15, -0.1) is 0 Å². The number of benzene rings is 2. The molecule has 4 heteroatoms. The number of ketones is 1. The quantitative estimate of drug-likeness (QED) is 0.709. The number of nitrogens with one attached hydrogen (secondary N) is 1. The van der Waals surface area contributed by atoms with Gasteiger partial charge < -0.3 is 10.1 Å². The second-order valence-electron chi connectivity index (χ2n) is 6.40. The molecule has 0 fully saturated rings. The fourth-order valence-corrected chi connectivity index (χ4v) is 3.43. The summed E-state index contributed by atoms with van der Waals surface area (Å²) in [5.74, 6) is 0.633. The maximum atomic E-state index is 12.2. The highest BCUT2D eigenvalue weighted by molar-refractivity contribution is 5.97. The highest BCUT2D eigenvalue weighted by Crippen LogP contribution is 2.37. The lowest BCUT2D eigenvalue weighted by molar-refractivity contribution is 0.101. The lowest BCUT2D eigenvalue weighted by atomic mass is 9.95. The predicted octanol–water partition coefficient (Wildman–Crippen LogP) is 4.06. The molecule has 0 spiro atoms. The minimum absolute atomic E-state index is 0.00541. The molecular weight excluding hydrogens is 324 g/mol. The second kappa shape index (κ2) is 7.10. The highest BCUT2D eigenvalue weighted by Gasteiger charge is 2.27. The van der Waals surface area contributed by atoms with Crippen molar-refractivity contribution < 1.29 is 9.53 Å². The minimum Gasteiger partial charge on any atom is -0.486 e. The topological polar surface area (TPSA) is 51.2 Å². The molecule has 1 aromatic heterocycles. The van der Waals surface area contributed by atoms with E-state index in [1.807, 2.05) is 48.5 Å². The normalized spacial score (nSPS) is 15.5. The number of para-hydroxylation sites is 1. The SMILES string of the molecule is CC(=O)c1cccc(C2NCc3ccccc32)c1OCc1ccccn1. The van der Waals surface area contributed by atoms with Crippen molar-refractivity contribution in [2.45, 2.75) is 26.1 Å². The van der Waals surface area contributed by atoms with Crippen LogP contribution in [0, 0.1) is 0 Å². The van der Waals surface area contributed by atoms with Crippen LogP contribution < -0.4 is 10.1 Å². The molecule has 1 aliphatic rings. The average molecular weight is 344 g/mol. The van der Waals surface area contributed by atoms with Gasteiger partial charge >= 0.3 is 0 Å². The molecular formula is C22H20N2O2. The Kier molecular flexibility index (Phi) is 4.50. The van der Waals surface area contributed by atoms with Crippen molar-refractivity contribution in [3.63, 3.8) is 0 Å². The molecule has 3 aromatic rings. The van der Waals surface area contributed by atoms with E-state index in [0.717, 1.165) is 17.8 Å². The van der Waals surface area contributed by atoms with Crippen LogP contribution in [0.4, 0.5) is 0 Å². The summed E-state index contributed by atoms with van der Waals surface area (Å²) in [7, 11) is 0. The minimum atomic E-state index is -0.00541. The van der Waals surface area contributed by atoms with Crippen molar-refractivity contribution in [1.82, 2.24) is 10.3 Å². The summed E-state index contributed by atoms with van der Waals surface area (Å²) in [5, 5.41) is 3.54. The zero-order valence-corrected chi connectivity index (χ0v) is 14.6. The van der Waals surface area contributed by atoms with Gasteiger partial charge in [-0.3, -0.25) is 9.78 Å². The Hall–Kier alpha value is -2.98. The van der Waals surface area contributed by atoms with Crippen LogP contribution in [-0.2, 0) is 13.2 Å². The second-order valence-corrected chi connectivity index (χ2v) is 6.40. The number of hydrogen-bond acceptors (Lipinski definition) is 4. The molecule has 4 rings (SSSR count). The number of carbonyl (C=O) groups excluding carboxylic acids is 1. The van der Waals surface area contributed by atoms with E-state index in [4.69, 9.17) is 4.74 Å². The zero-order chi connectivity index (χ0) is 17.9. The largest absolute Gasteiger partial charge is 0.486 e. The van der Waals surface area contributed by atoms with Gasteiger partial charge in [0.05, 0.1) is 17.3 Å². The first-order valence-corrected chi connectivity index (χ1v) is 8.72. The fourth-order valence-electron chi connectivity index (χ4n) is 3.43. The van der Waals surface area contributed by atoms with Crippen LogP contribution in [0.3, 0.4) is 0 Å². The van der Waals surface area contributed by atoms with Crippen molar-refractivity contribution in [1.29, 1.82) is 0 Å². The molecule has 0 saturated heterocycles. The molecule has 0 aliphatic carbocycles. The van der Waals surface area contributed by atoms with Crippen molar-refractivity contribution in [3.8, 4) is 5.75 Å². The van der Waals surface area contributed by atoms with E-state index in [1.54, 1.807) is 13.1 Å². The molecule has 0 amide bonds. The number of rotatable bonds is 5. The van der Waals surface area contributed by atoms with Gasteiger partial charge in [-0.2, -0.15) is 0 Å². The number of pyridine rings is 1. The van der Waals surface area contributed by atoms with Crippen molar-refractivity contribution in [3.05, 3.63) is 94.8 Å². The van der Waals surface area contributed by atoms with Gasteiger partial charge in [0.1, 0.15) is 12.4 Å². The number of nitrogens with zero attached hydrogens (tertiary/aromatic N) is 1. The third-order valence-corrected chi connectivity index (χ3v) is 4.69. The van der Waals surface area contributed by atoms with Crippen LogP contribution in [0.25, 0.3) is 0 Å². The van der Waals surface area contributed by atoms with E-state index in [-0.39, 0.29) is 11.8 Å². The molecule has 4 nitrogen and oxygen atoms in total. The van der Waals surface area contributed by atoms with Gasteiger partial charge in [0.15, 0.2) is 5.78 Å². The predicted molar refractivity (Wildman–Crippen MR) is 100 cm³/mol. The molecule has 1 unspecified atom stereocenters. The van der Waals surface area contributed by atoms with Crippen LogP contribution in [0.2, 0.25) is 0 Å². The van der Waals surface area contributed by atoms with Crippen LogP contribution in [0.1, 0.15) is 45.7 Å². The average Bonchev–Trinajstić information content (AvgIpc) is 3.11. The Morgan fingerprint density at radius 1 is 1.08 bits per heavy atom. The van der Waals surface area contributed by atoms with Crippen molar-refractivity contribution in [2.75, 3.05) is 0 Å². The van der Waals surface area contributed by atoms with Crippen LogP contribution in [0.5, 0.6) is 5.75 Å². The van der Waals surface area contributed by atoms with Crippen molar-refractivity contribution in [2.24, 2.45) is 0 Å². The number of Topliss-reactive ketones (excluding diaryl/α,β-unsaturated/α-hetero) is 1. The molecule has 26 heavy (non-hydrogen) atoms. The molecule has 1 N–H and O–H groups in total. The lowest BCUT2D eigenvalue weighted by Gasteiger charge is -2.20. The van der Waals surface area contributed by atoms with Gasteiger partial charge in [0.25, 0.3) is 0 Å². The van der Waals surface area contributed by atoms with E-state index >= 15 is 0 Å². The maximum Gasteiger partial charge on any atom is 0.163 e. The van der Waals surface area contributed by atoms with Gasteiger partial charge in [-0.1, -0.05) is 42.5 Å². The zero-order valence-electron chi connectivity index (χ0n) is 14.6. The monoisotopic (exact) mass is 344 g/mol. The van der Waals surface area contributed by atoms with E-state index in [2.05, 4.69) is 22.4 Å². The van der Waals surface area contributed by atoms with Crippen molar-refractivity contribution >= 4 is 5.78 Å². The Morgan fingerprint density at radius 2 is 1.88 bits per heavy atom. The van der Waals surface area contributed by atoms with Gasteiger partial charge in [-0.05, 0) is 36.2 Å². The summed E-state index contributed by atoms with van der Waals surface area (Å²) < 4.78 is 6.12. The third-order valence-electron chi connectivity index (χ3n) is 4.69. The van der Waals surface area contributed by atoms with Crippen LogP contribution >= 0.6 is 0 Å².